The summed E-state index contributed by atoms with van der Waals surface area (Å²) < 4.78 is 0. The van der Waals surface area contributed by atoms with Gasteiger partial charge in [-0.3, -0.25) is 0 Å². The molecule has 0 aliphatic heterocycles. The van der Waals surface area contributed by atoms with Gasteiger partial charge in [-0.05, 0) is 36.3 Å². The fourth-order valence-electron chi connectivity index (χ4n) is 2.02. The number of nitrogens with two attached hydrogens (primary N) is 1. The predicted octanol–water partition coefficient (Wildman–Crippen LogP) is 2.87. The van der Waals surface area contributed by atoms with Crippen molar-refractivity contribution in [3.63, 3.8) is 0 Å². The molecule has 76 valence electrons. The van der Waals surface area contributed by atoms with Crippen molar-refractivity contribution in [1.82, 2.24) is 0 Å². The highest BCUT2D eigenvalue weighted by molar-refractivity contribution is 6.31. The van der Waals surface area contributed by atoms with Crippen LogP contribution in [0.15, 0.2) is 24.3 Å². The first-order valence-corrected chi connectivity index (χ1v) is 5.55. The van der Waals surface area contributed by atoms with Gasteiger partial charge in [0, 0.05) is 11.1 Å². The fraction of sp³-hybridized carbons (Fsp3) is 0.500. The minimum atomic E-state index is 0.282. The average Bonchev–Trinajstić information content (AvgIpc) is 2.87. The van der Waals surface area contributed by atoms with Crippen LogP contribution in [0, 0.1) is 11.8 Å². The minimum absolute atomic E-state index is 0.282. The Hall–Kier alpha value is -0.530. The first kappa shape index (κ1) is 10.0. The summed E-state index contributed by atoms with van der Waals surface area (Å²) in [5.41, 5.74) is 7.29. The van der Waals surface area contributed by atoms with Crippen LogP contribution in [0.4, 0.5) is 0 Å². The monoisotopic (exact) mass is 209 g/mol. The van der Waals surface area contributed by atoms with Crippen molar-refractivity contribution in [2.24, 2.45) is 17.6 Å². The molecule has 0 spiro atoms. The molecule has 1 nitrogen and oxygen atoms in total. The molecule has 3 atom stereocenters. The molecular formula is C12H16ClN. The standard InChI is InChI=1S/C12H16ClN/c1-8-6-10(8)12(14)7-9-4-2-3-5-11(9)13/h2-5,8,10,12H,6-7,14H2,1H3. The van der Waals surface area contributed by atoms with E-state index in [0.29, 0.717) is 5.92 Å². The summed E-state index contributed by atoms with van der Waals surface area (Å²) in [5.74, 6) is 1.53. The molecule has 0 bridgehead atoms. The van der Waals surface area contributed by atoms with Crippen molar-refractivity contribution < 1.29 is 0 Å². The van der Waals surface area contributed by atoms with Gasteiger partial charge < -0.3 is 5.73 Å². The highest BCUT2D eigenvalue weighted by atomic mass is 35.5. The number of halogens is 1. The lowest BCUT2D eigenvalue weighted by Crippen LogP contribution is -2.26. The molecule has 1 aromatic rings. The van der Waals surface area contributed by atoms with E-state index in [-0.39, 0.29) is 6.04 Å². The number of hydrogen-bond acceptors (Lipinski definition) is 1. The Morgan fingerprint density at radius 1 is 1.50 bits per heavy atom. The first-order valence-electron chi connectivity index (χ1n) is 5.17. The van der Waals surface area contributed by atoms with Gasteiger partial charge in [0.1, 0.15) is 0 Å². The van der Waals surface area contributed by atoms with E-state index in [4.69, 9.17) is 17.3 Å². The lowest BCUT2D eigenvalue weighted by Gasteiger charge is -2.11. The summed E-state index contributed by atoms with van der Waals surface area (Å²) in [5, 5.41) is 0.844. The quantitative estimate of drug-likeness (QED) is 0.814. The zero-order valence-corrected chi connectivity index (χ0v) is 9.17. The zero-order valence-electron chi connectivity index (χ0n) is 8.41. The molecule has 1 aromatic carbocycles. The van der Waals surface area contributed by atoms with Crippen LogP contribution in [0.3, 0.4) is 0 Å². The molecule has 1 fully saturated rings. The van der Waals surface area contributed by atoms with Gasteiger partial charge >= 0.3 is 0 Å². The summed E-state index contributed by atoms with van der Waals surface area (Å²) in [4.78, 5) is 0. The molecule has 1 aliphatic carbocycles. The summed E-state index contributed by atoms with van der Waals surface area (Å²) in [6.45, 7) is 2.26. The number of hydrogen-bond donors (Lipinski definition) is 1. The van der Waals surface area contributed by atoms with Crippen LogP contribution in [-0.4, -0.2) is 6.04 Å². The van der Waals surface area contributed by atoms with Crippen molar-refractivity contribution in [3.8, 4) is 0 Å². The van der Waals surface area contributed by atoms with Crippen LogP contribution >= 0.6 is 11.6 Å². The predicted molar refractivity (Wildman–Crippen MR) is 60.4 cm³/mol. The van der Waals surface area contributed by atoms with E-state index in [2.05, 4.69) is 13.0 Å². The van der Waals surface area contributed by atoms with E-state index in [1.54, 1.807) is 0 Å². The molecule has 0 heterocycles. The van der Waals surface area contributed by atoms with Crippen LogP contribution in [0.2, 0.25) is 5.02 Å². The largest absolute Gasteiger partial charge is 0.327 e. The van der Waals surface area contributed by atoms with E-state index < -0.39 is 0 Å². The molecule has 14 heavy (non-hydrogen) atoms. The minimum Gasteiger partial charge on any atom is -0.327 e. The van der Waals surface area contributed by atoms with Crippen LogP contribution in [-0.2, 0) is 6.42 Å². The molecule has 0 aromatic heterocycles. The molecule has 0 radical (unpaired) electrons. The Labute approximate surface area is 90.3 Å². The van der Waals surface area contributed by atoms with Gasteiger partial charge in [-0.2, -0.15) is 0 Å². The van der Waals surface area contributed by atoms with Gasteiger partial charge in [-0.25, -0.2) is 0 Å². The Kier molecular flexibility index (Phi) is 2.80. The van der Waals surface area contributed by atoms with Crippen molar-refractivity contribution in [2.45, 2.75) is 25.8 Å². The van der Waals surface area contributed by atoms with Crippen LogP contribution in [0.1, 0.15) is 18.9 Å². The Balaban J connectivity index is 2.00. The van der Waals surface area contributed by atoms with E-state index in [1.165, 1.54) is 12.0 Å². The summed E-state index contributed by atoms with van der Waals surface area (Å²) >= 11 is 6.07. The van der Waals surface area contributed by atoms with Crippen LogP contribution in [0.25, 0.3) is 0 Å². The van der Waals surface area contributed by atoms with Crippen LogP contribution < -0.4 is 5.73 Å². The molecule has 2 heteroatoms. The zero-order chi connectivity index (χ0) is 10.1. The Bertz CT molecular complexity index is 324. The highest BCUT2D eigenvalue weighted by Gasteiger charge is 2.37. The first-order chi connectivity index (χ1) is 6.68. The third-order valence-electron chi connectivity index (χ3n) is 3.14. The topological polar surface area (TPSA) is 26.0 Å². The van der Waals surface area contributed by atoms with Crippen LogP contribution in [0.5, 0.6) is 0 Å². The molecule has 0 saturated heterocycles. The smallest absolute Gasteiger partial charge is 0.0438 e. The maximum atomic E-state index is 6.11. The lowest BCUT2D eigenvalue weighted by molar-refractivity contribution is 0.560. The van der Waals surface area contributed by atoms with E-state index in [1.807, 2.05) is 18.2 Å². The normalized spacial score (nSPS) is 27.4. The summed E-state index contributed by atoms with van der Waals surface area (Å²) in [6.07, 6.45) is 2.19. The maximum Gasteiger partial charge on any atom is 0.0438 e. The summed E-state index contributed by atoms with van der Waals surface area (Å²) in [6, 6.07) is 8.25. The molecular weight excluding hydrogens is 194 g/mol. The van der Waals surface area contributed by atoms with Gasteiger partial charge in [0.15, 0.2) is 0 Å². The Morgan fingerprint density at radius 2 is 2.14 bits per heavy atom. The van der Waals surface area contributed by atoms with Gasteiger partial charge in [0.05, 0.1) is 0 Å². The molecule has 0 amide bonds. The van der Waals surface area contributed by atoms with Gasteiger partial charge in [0.25, 0.3) is 0 Å². The number of rotatable bonds is 3. The second kappa shape index (κ2) is 3.92. The lowest BCUT2D eigenvalue weighted by atomic mass is 10.0. The van der Waals surface area contributed by atoms with Crippen molar-refractivity contribution in [2.75, 3.05) is 0 Å². The van der Waals surface area contributed by atoms with Gasteiger partial charge in [-0.1, -0.05) is 36.7 Å². The third kappa shape index (κ3) is 2.10. The average molecular weight is 210 g/mol. The molecule has 2 rings (SSSR count). The summed E-state index contributed by atoms with van der Waals surface area (Å²) in [7, 11) is 0. The fourth-order valence-corrected chi connectivity index (χ4v) is 2.23. The number of benzene rings is 1. The SMILES string of the molecule is CC1CC1C(N)Cc1ccccc1Cl. The van der Waals surface area contributed by atoms with Crippen molar-refractivity contribution in [1.29, 1.82) is 0 Å². The Morgan fingerprint density at radius 3 is 2.71 bits per heavy atom. The van der Waals surface area contributed by atoms with E-state index >= 15 is 0 Å². The maximum absolute atomic E-state index is 6.11. The van der Waals surface area contributed by atoms with Gasteiger partial charge in [0.2, 0.25) is 0 Å². The second-order valence-corrected chi connectivity index (χ2v) is 4.74. The van der Waals surface area contributed by atoms with Crippen molar-refractivity contribution in [3.05, 3.63) is 34.9 Å². The van der Waals surface area contributed by atoms with E-state index in [9.17, 15) is 0 Å². The molecule has 1 aliphatic rings. The van der Waals surface area contributed by atoms with Gasteiger partial charge in [-0.15, -0.1) is 0 Å². The molecule has 1 saturated carbocycles. The molecule has 2 N–H and O–H groups in total. The third-order valence-corrected chi connectivity index (χ3v) is 3.50. The second-order valence-electron chi connectivity index (χ2n) is 4.34. The molecule has 3 unspecified atom stereocenters. The van der Waals surface area contributed by atoms with Crippen molar-refractivity contribution >= 4 is 11.6 Å². The highest BCUT2D eigenvalue weighted by Crippen LogP contribution is 2.40. The van der Waals surface area contributed by atoms with E-state index in [0.717, 1.165) is 17.4 Å².